The Balaban J connectivity index is 2.24. The first kappa shape index (κ1) is 21.3. The van der Waals surface area contributed by atoms with Crippen LogP contribution in [-0.4, -0.2) is 32.2 Å². The summed E-state index contributed by atoms with van der Waals surface area (Å²) in [5.41, 5.74) is 1.90. The molecule has 1 N–H and O–H groups in total. The van der Waals surface area contributed by atoms with E-state index in [1.54, 1.807) is 0 Å². The summed E-state index contributed by atoms with van der Waals surface area (Å²) in [6, 6.07) is 28.6. The molecule has 0 spiro atoms. The Morgan fingerprint density at radius 3 is 1.47 bits per heavy atom. The molecule has 154 valence electrons. The predicted octanol–water partition coefficient (Wildman–Crippen LogP) is 3.67. The van der Waals surface area contributed by atoms with Crippen molar-refractivity contribution in [2.45, 2.75) is 18.0 Å². The van der Waals surface area contributed by atoms with Gasteiger partial charge in [0.2, 0.25) is 0 Å². The Bertz CT molecular complexity index is 862. The Morgan fingerprint density at radius 1 is 0.733 bits per heavy atom. The topological polar surface area (TPSA) is 64.6 Å². The fraction of sp³-hybridized carbons (Fsp3) is 0.200. The molecule has 0 radical (unpaired) electrons. The van der Waals surface area contributed by atoms with Crippen molar-refractivity contribution in [1.82, 2.24) is 5.32 Å². The van der Waals surface area contributed by atoms with Gasteiger partial charge in [-0.3, -0.25) is 14.9 Å². The Labute approximate surface area is 176 Å². The van der Waals surface area contributed by atoms with Crippen molar-refractivity contribution in [2.24, 2.45) is 0 Å². The van der Waals surface area contributed by atoms with Gasteiger partial charge in [-0.2, -0.15) is 0 Å². The van der Waals surface area contributed by atoms with Crippen LogP contribution in [-0.2, 0) is 24.6 Å². The number of ether oxygens (including phenoxy) is 2. The lowest BCUT2D eigenvalue weighted by molar-refractivity contribution is -0.150. The van der Waals surface area contributed by atoms with Crippen LogP contribution < -0.4 is 5.32 Å². The summed E-state index contributed by atoms with van der Waals surface area (Å²) in [4.78, 5) is 24.7. The molecule has 0 bridgehead atoms. The van der Waals surface area contributed by atoms with Crippen molar-refractivity contribution in [2.75, 3.05) is 14.2 Å². The lowest BCUT2D eigenvalue weighted by Gasteiger charge is -2.39. The summed E-state index contributed by atoms with van der Waals surface area (Å²) in [5.74, 6) is -1.03. The SMILES string of the molecule is COC(=O)C[C@@H](NC(c1ccccc1)(c1ccccc1)c1ccccc1)C(=O)OC. The molecule has 0 heterocycles. The van der Waals surface area contributed by atoms with Crippen molar-refractivity contribution in [3.8, 4) is 0 Å². The first-order valence-electron chi connectivity index (χ1n) is 9.70. The van der Waals surface area contributed by atoms with Crippen molar-refractivity contribution in [3.63, 3.8) is 0 Å². The normalized spacial score (nSPS) is 12.1. The van der Waals surface area contributed by atoms with Gasteiger partial charge in [0.1, 0.15) is 6.04 Å². The molecule has 30 heavy (non-hydrogen) atoms. The van der Waals surface area contributed by atoms with Gasteiger partial charge in [-0.1, -0.05) is 91.0 Å². The van der Waals surface area contributed by atoms with E-state index in [1.165, 1.54) is 14.2 Å². The van der Waals surface area contributed by atoms with Crippen LogP contribution in [0.2, 0.25) is 0 Å². The maximum atomic E-state index is 12.6. The summed E-state index contributed by atoms with van der Waals surface area (Å²) in [7, 11) is 2.61. The second-order valence-corrected chi connectivity index (χ2v) is 6.85. The molecule has 0 aliphatic heterocycles. The Hall–Kier alpha value is -3.44. The van der Waals surface area contributed by atoms with Crippen molar-refractivity contribution in [3.05, 3.63) is 108 Å². The molecule has 0 aliphatic rings. The van der Waals surface area contributed by atoms with Gasteiger partial charge in [-0.15, -0.1) is 0 Å². The maximum absolute atomic E-state index is 12.6. The molecule has 3 aromatic carbocycles. The molecule has 3 aromatic rings. The second-order valence-electron chi connectivity index (χ2n) is 6.85. The third kappa shape index (κ3) is 4.42. The highest BCUT2D eigenvalue weighted by molar-refractivity contribution is 5.83. The molecule has 3 rings (SSSR count). The van der Waals surface area contributed by atoms with Gasteiger partial charge < -0.3 is 9.47 Å². The number of benzene rings is 3. The lowest BCUT2D eigenvalue weighted by Crippen LogP contribution is -2.53. The summed E-state index contributed by atoms with van der Waals surface area (Å²) in [6.07, 6.45) is -0.155. The van der Waals surface area contributed by atoms with Gasteiger partial charge in [-0.25, -0.2) is 0 Å². The fourth-order valence-corrected chi connectivity index (χ4v) is 3.66. The number of methoxy groups -OCH3 is 2. The van der Waals surface area contributed by atoms with Crippen LogP contribution in [0.25, 0.3) is 0 Å². The summed E-state index contributed by atoms with van der Waals surface area (Å²) in [5, 5.41) is 3.46. The molecule has 0 aliphatic carbocycles. The monoisotopic (exact) mass is 403 g/mol. The minimum atomic E-state index is -0.914. The van der Waals surface area contributed by atoms with Gasteiger partial charge in [0.05, 0.1) is 26.2 Å². The molecule has 5 heteroatoms. The molecule has 1 atom stereocenters. The quantitative estimate of drug-likeness (QED) is 0.459. The number of hydrogen-bond donors (Lipinski definition) is 1. The van der Waals surface area contributed by atoms with E-state index in [2.05, 4.69) is 5.32 Å². The van der Waals surface area contributed by atoms with E-state index in [0.717, 1.165) is 16.7 Å². The largest absolute Gasteiger partial charge is 0.469 e. The van der Waals surface area contributed by atoms with Crippen LogP contribution in [0.3, 0.4) is 0 Å². The minimum Gasteiger partial charge on any atom is -0.469 e. The van der Waals surface area contributed by atoms with Gasteiger partial charge in [0.25, 0.3) is 0 Å². The number of hydrogen-bond acceptors (Lipinski definition) is 5. The van der Waals surface area contributed by atoms with E-state index in [0.29, 0.717) is 0 Å². The molecule has 0 saturated carbocycles. The van der Waals surface area contributed by atoms with Crippen LogP contribution in [0.15, 0.2) is 91.0 Å². The first-order chi connectivity index (χ1) is 14.6. The smallest absolute Gasteiger partial charge is 0.323 e. The standard InChI is InChI=1S/C25H25NO4/c1-29-23(27)18-22(24(28)30-2)26-25(19-12-6-3-7-13-19,20-14-8-4-9-15-20)21-16-10-5-11-17-21/h3-17,22,26H,18H2,1-2H3/t22-/m1/s1. The number of carbonyl (C=O) groups excluding carboxylic acids is 2. The van der Waals surface area contributed by atoms with Crippen molar-refractivity contribution >= 4 is 11.9 Å². The maximum Gasteiger partial charge on any atom is 0.323 e. The van der Waals surface area contributed by atoms with E-state index in [4.69, 9.17) is 9.47 Å². The lowest BCUT2D eigenvalue weighted by atomic mass is 9.76. The predicted molar refractivity (Wildman–Crippen MR) is 115 cm³/mol. The first-order valence-corrected chi connectivity index (χ1v) is 9.70. The zero-order valence-electron chi connectivity index (χ0n) is 17.1. The Kier molecular flexibility index (Phi) is 6.99. The van der Waals surface area contributed by atoms with E-state index in [9.17, 15) is 9.59 Å². The highest BCUT2D eigenvalue weighted by Crippen LogP contribution is 2.37. The molecular formula is C25H25NO4. The second kappa shape index (κ2) is 9.85. The highest BCUT2D eigenvalue weighted by Gasteiger charge is 2.40. The molecule has 0 saturated heterocycles. The average molecular weight is 403 g/mol. The number of rotatable bonds is 8. The van der Waals surface area contributed by atoms with Gasteiger partial charge >= 0.3 is 11.9 Å². The van der Waals surface area contributed by atoms with E-state index < -0.39 is 23.5 Å². The molecule has 5 nitrogen and oxygen atoms in total. The van der Waals surface area contributed by atoms with Crippen molar-refractivity contribution < 1.29 is 19.1 Å². The third-order valence-electron chi connectivity index (χ3n) is 5.10. The van der Waals surface area contributed by atoms with Crippen LogP contribution in [0, 0.1) is 0 Å². The molecule has 0 aromatic heterocycles. The van der Waals surface area contributed by atoms with Gasteiger partial charge in [0, 0.05) is 0 Å². The zero-order chi connectivity index (χ0) is 21.4. The zero-order valence-corrected chi connectivity index (χ0v) is 17.1. The minimum absolute atomic E-state index is 0.155. The Morgan fingerprint density at radius 2 is 1.13 bits per heavy atom. The van der Waals surface area contributed by atoms with E-state index in [1.807, 2.05) is 91.0 Å². The summed E-state index contributed by atoms with van der Waals surface area (Å²) in [6.45, 7) is 0. The summed E-state index contributed by atoms with van der Waals surface area (Å²) >= 11 is 0. The average Bonchev–Trinajstić information content (AvgIpc) is 2.82. The van der Waals surface area contributed by atoms with Gasteiger partial charge in [-0.05, 0) is 16.7 Å². The van der Waals surface area contributed by atoms with E-state index in [-0.39, 0.29) is 6.42 Å². The molecule has 0 unspecified atom stereocenters. The highest BCUT2D eigenvalue weighted by atomic mass is 16.5. The van der Waals surface area contributed by atoms with E-state index >= 15 is 0 Å². The third-order valence-corrected chi connectivity index (χ3v) is 5.10. The molecule has 0 fully saturated rings. The number of carbonyl (C=O) groups is 2. The molecular weight excluding hydrogens is 378 g/mol. The summed E-state index contributed by atoms with van der Waals surface area (Å²) < 4.78 is 9.82. The molecule has 0 amide bonds. The van der Waals surface area contributed by atoms with Crippen LogP contribution >= 0.6 is 0 Å². The van der Waals surface area contributed by atoms with Crippen LogP contribution in [0.1, 0.15) is 23.1 Å². The fourth-order valence-electron chi connectivity index (χ4n) is 3.66. The van der Waals surface area contributed by atoms with Crippen LogP contribution in [0.5, 0.6) is 0 Å². The number of esters is 2. The van der Waals surface area contributed by atoms with Crippen molar-refractivity contribution in [1.29, 1.82) is 0 Å². The van der Waals surface area contributed by atoms with Crippen LogP contribution in [0.4, 0.5) is 0 Å². The number of nitrogens with one attached hydrogen (secondary N) is 1. The van der Waals surface area contributed by atoms with Gasteiger partial charge in [0.15, 0.2) is 0 Å².